The molecule has 2 N–H and O–H groups in total. The molecule has 2 aliphatic rings. The Morgan fingerprint density at radius 3 is 2.62 bits per heavy atom. The van der Waals surface area contributed by atoms with Gasteiger partial charge in [0, 0.05) is 0 Å². The third-order valence-corrected chi connectivity index (χ3v) is 5.48. The number of hydrogen-bond acceptors (Lipinski definition) is 6. The van der Waals surface area contributed by atoms with Gasteiger partial charge in [-0.1, -0.05) is 19.9 Å². The van der Waals surface area contributed by atoms with Gasteiger partial charge in [-0.2, -0.15) is 5.26 Å². The molecule has 0 aromatic heterocycles. The van der Waals surface area contributed by atoms with Crippen LogP contribution in [0.15, 0.2) is 18.2 Å². The van der Waals surface area contributed by atoms with Crippen molar-refractivity contribution in [2.75, 3.05) is 19.8 Å². The van der Waals surface area contributed by atoms with Crippen LogP contribution in [0.4, 0.5) is 4.79 Å². The van der Waals surface area contributed by atoms with Gasteiger partial charge in [0.15, 0.2) is 11.5 Å². The number of carbonyl (C=O) groups excluding carboxylic acids is 3. The van der Waals surface area contributed by atoms with Crippen LogP contribution >= 0.6 is 0 Å². The van der Waals surface area contributed by atoms with Crippen LogP contribution in [-0.4, -0.2) is 48.0 Å². The maximum absolute atomic E-state index is 13.0. The average molecular weight is 400 g/mol. The van der Waals surface area contributed by atoms with Crippen molar-refractivity contribution < 1.29 is 23.9 Å². The predicted octanol–water partition coefficient (Wildman–Crippen LogP) is 1.28. The molecule has 1 aromatic carbocycles. The highest BCUT2D eigenvalue weighted by Crippen LogP contribution is 2.36. The maximum atomic E-state index is 13.0. The van der Waals surface area contributed by atoms with E-state index >= 15 is 0 Å². The molecular weight excluding hydrogens is 376 g/mol. The van der Waals surface area contributed by atoms with Gasteiger partial charge in [0.05, 0.1) is 6.07 Å². The number of nitriles is 1. The molecule has 0 unspecified atom stereocenters. The van der Waals surface area contributed by atoms with Crippen LogP contribution in [0.1, 0.15) is 33.3 Å². The molecule has 1 saturated heterocycles. The topological polar surface area (TPSA) is 121 Å². The molecule has 2 aliphatic heterocycles. The molecule has 4 amide bonds. The van der Waals surface area contributed by atoms with Gasteiger partial charge in [-0.3, -0.25) is 14.5 Å². The van der Waals surface area contributed by atoms with E-state index in [0.717, 1.165) is 4.90 Å². The van der Waals surface area contributed by atoms with Gasteiger partial charge >= 0.3 is 6.03 Å². The van der Waals surface area contributed by atoms with E-state index in [-0.39, 0.29) is 5.92 Å². The molecule has 3 rings (SSSR count). The van der Waals surface area contributed by atoms with Crippen molar-refractivity contribution >= 4 is 17.8 Å². The summed E-state index contributed by atoms with van der Waals surface area (Å²) in [5.41, 5.74) is -1.92. The lowest BCUT2D eigenvalue weighted by Crippen LogP contribution is -2.52. The largest absolute Gasteiger partial charge is 0.486 e. The van der Waals surface area contributed by atoms with Gasteiger partial charge in [-0.15, -0.1) is 0 Å². The second-order valence-corrected chi connectivity index (χ2v) is 7.82. The molecule has 0 radical (unpaired) electrons. The van der Waals surface area contributed by atoms with Gasteiger partial charge in [0.1, 0.15) is 30.8 Å². The normalized spacial score (nSPS) is 22.7. The number of fused-ring (bicyclic) bond motifs is 1. The van der Waals surface area contributed by atoms with Gasteiger partial charge in [0.2, 0.25) is 5.91 Å². The number of carbonyl (C=O) groups is 3. The minimum Gasteiger partial charge on any atom is -0.486 e. The summed E-state index contributed by atoms with van der Waals surface area (Å²) >= 11 is 0. The van der Waals surface area contributed by atoms with Crippen molar-refractivity contribution in [2.45, 2.75) is 38.8 Å². The van der Waals surface area contributed by atoms with E-state index in [1.165, 1.54) is 0 Å². The summed E-state index contributed by atoms with van der Waals surface area (Å²) in [6, 6.07) is 6.41. The average Bonchev–Trinajstić information content (AvgIpc) is 2.91. The van der Waals surface area contributed by atoms with Crippen molar-refractivity contribution in [2.24, 2.45) is 5.92 Å². The Labute approximate surface area is 168 Å². The molecule has 1 aromatic rings. The smallest absolute Gasteiger partial charge is 0.325 e. The van der Waals surface area contributed by atoms with Crippen molar-refractivity contribution in [1.29, 1.82) is 5.26 Å². The molecule has 9 nitrogen and oxygen atoms in total. The Morgan fingerprint density at radius 2 is 2.00 bits per heavy atom. The molecule has 0 spiro atoms. The van der Waals surface area contributed by atoms with E-state index in [1.807, 2.05) is 0 Å². The number of ether oxygens (including phenoxy) is 2. The van der Waals surface area contributed by atoms with Crippen LogP contribution in [0.2, 0.25) is 0 Å². The van der Waals surface area contributed by atoms with E-state index in [9.17, 15) is 19.6 Å². The number of urea groups is 1. The Balaban J connectivity index is 1.79. The summed E-state index contributed by atoms with van der Waals surface area (Å²) < 4.78 is 11.0. The fourth-order valence-electron chi connectivity index (χ4n) is 3.16. The summed E-state index contributed by atoms with van der Waals surface area (Å²) in [7, 11) is 0. The van der Waals surface area contributed by atoms with Gasteiger partial charge < -0.3 is 20.1 Å². The van der Waals surface area contributed by atoms with E-state index < -0.39 is 35.5 Å². The first-order valence-electron chi connectivity index (χ1n) is 9.37. The van der Waals surface area contributed by atoms with E-state index in [4.69, 9.17) is 9.47 Å². The minimum absolute atomic E-state index is 0.150. The number of amides is 4. The second kappa shape index (κ2) is 7.28. The van der Waals surface area contributed by atoms with Crippen LogP contribution in [0.5, 0.6) is 11.5 Å². The first-order valence-corrected chi connectivity index (χ1v) is 9.37. The molecule has 2 atom stereocenters. The number of hydrogen-bond donors (Lipinski definition) is 2. The molecule has 0 saturated carbocycles. The van der Waals surface area contributed by atoms with Gasteiger partial charge in [-0.25, -0.2) is 4.79 Å². The highest BCUT2D eigenvalue weighted by Gasteiger charge is 2.50. The Morgan fingerprint density at radius 1 is 1.34 bits per heavy atom. The van der Waals surface area contributed by atoms with Crippen LogP contribution in [-0.2, 0) is 15.1 Å². The van der Waals surface area contributed by atoms with Crippen molar-refractivity contribution in [1.82, 2.24) is 15.5 Å². The number of benzene rings is 1. The molecule has 9 heteroatoms. The van der Waals surface area contributed by atoms with Gasteiger partial charge in [0.25, 0.3) is 5.91 Å². The van der Waals surface area contributed by atoms with E-state index in [1.54, 1.807) is 45.9 Å². The summed E-state index contributed by atoms with van der Waals surface area (Å²) in [5, 5.41) is 14.6. The third-order valence-electron chi connectivity index (χ3n) is 5.48. The Kier molecular flexibility index (Phi) is 5.13. The van der Waals surface area contributed by atoms with Crippen LogP contribution in [0.3, 0.4) is 0 Å². The first-order chi connectivity index (χ1) is 13.6. The van der Waals surface area contributed by atoms with Gasteiger partial charge in [-0.05, 0) is 37.5 Å². The standard InChI is InChI=1S/C20H24N4O5/c1-12(2)19(3,11-21)22-16(25)10-24-17(26)20(4,23-18(24)27)13-5-6-14-15(9-13)29-8-7-28-14/h5-6,9,12H,7-8,10H2,1-4H3,(H,22,25)(H,23,27)/t19-,20-/m1/s1. The zero-order valence-corrected chi connectivity index (χ0v) is 16.9. The van der Waals surface area contributed by atoms with Crippen molar-refractivity contribution in [3.63, 3.8) is 0 Å². The predicted molar refractivity (Wildman–Crippen MR) is 102 cm³/mol. The lowest BCUT2D eigenvalue weighted by atomic mass is 9.90. The van der Waals surface area contributed by atoms with E-state index in [2.05, 4.69) is 16.7 Å². The highest BCUT2D eigenvalue weighted by molar-refractivity contribution is 6.09. The van der Waals surface area contributed by atoms with Crippen molar-refractivity contribution in [3.8, 4) is 17.6 Å². The Hall–Kier alpha value is -3.28. The SMILES string of the molecule is CC(C)[C@@](C)(C#N)NC(=O)CN1C(=O)N[C@](C)(c2ccc3c(c2)OCCO3)C1=O. The molecule has 29 heavy (non-hydrogen) atoms. The molecule has 0 aliphatic carbocycles. The maximum Gasteiger partial charge on any atom is 0.325 e. The molecule has 1 fully saturated rings. The molecular formula is C20H24N4O5. The first kappa shape index (κ1) is 20.5. The zero-order chi connectivity index (χ0) is 21.4. The third kappa shape index (κ3) is 3.58. The summed E-state index contributed by atoms with van der Waals surface area (Å²) in [6.07, 6.45) is 0. The fourth-order valence-corrected chi connectivity index (χ4v) is 3.16. The monoisotopic (exact) mass is 400 g/mol. The zero-order valence-electron chi connectivity index (χ0n) is 16.9. The number of imide groups is 1. The van der Waals surface area contributed by atoms with Crippen LogP contribution < -0.4 is 20.1 Å². The quantitative estimate of drug-likeness (QED) is 0.718. The number of nitrogens with one attached hydrogen (secondary N) is 2. The summed E-state index contributed by atoms with van der Waals surface area (Å²) in [4.78, 5) is 38.8. The van der Waals surface area contributed by atoms with Crippen LogP contribution in [0, 0.1) is 17.2 Å². The lowest BCUT2D eigenvalue weighted by molar-refractivity contribution is -0.135. The van der Waals surface area contributed by atoms with Crippen LogP contribution in [0.25, 0.3) is 0 Å². The molecule has 154 valence electrons. The minimum atomic E-state index is -1.34. The molecule has 2 heterocycles. The number of rotatable bonds is 5. The molecule has 0 bridgehead atoms. The van der Waals surface area contributed by atoms with E-state index in [0.29, 0.717) is 30.3 Å². The summed E-state index contributed by atoms with van der Waals surface area (Å²) in [5.74, 6) is -0.228. The number of nitrogens with zero attached hydrogens (tertiary/aromatic N) is 2. The second-order valence-electron chi connectivity index (χ2n) is 7.82. The highest BCUT2D eigenvalue weighted by atomic mass is 16.6. The Bertz CT molecular complexity index is 909. The fraction of sp³-hybridized carbons (Fsp3) is 0.500. The lowest BCUT2D eigenvalue weighted by Gasteiger charge is -2.28. The summed E-state index contributed by atoms with van der Waals surface area (Å²) in [6.45, 7) is 7.14. The van der Waals surface area contributed by atoms with Crippen molar-refractivity contribution in [3.05, 3.63) is 23.8 Å².